The van der Waals surface area contributed by atoms with Crippen LogP contribution in [0.3, 0.4) is 0 Å². The van der Waals surface area contributed by atoms with E-state index in [1.54, 1.807) is 11.0 Å². The smallest absolute Gasteiger partial charge is 0.223 e. The maximum Gasteiger partial charge on any atom is 0.223 e. The Morgan fingerprint density at radius 3 is 2.72 bits per heavy atom. The van der Waals surface area contributed by atoms with Crippen molar-refractivity contribution in [1.29, 1.82) is 0 Å². The van der Waals surface area contributed by atoms with E-state index >= 15 is 0 Å². The summed E-state index contributed by atoms with van der Waals surface area (Å²) >= 11 is 0. The number of ether oxygens (including phenoxy) is 2. The van der Waals surface area contributed by atoms with E-state index in [4.69, 9.17) is 15.2 Å². The minimum atomic E-state index is -3.57. The number of amides is 1. The lowest BCUT2D eigenvalue weighted by atomic mass is 10.2. The number of fused-ring (bicyclic) bond motifs is 1. The van der Waals surface area contributed by atoms with Gasteiger partial charge in [-0.1, -0.05) is 0 Å². The lowest BCUT2D eigenvalue weighted by Crippen LogP contribution is -2.40. The number of hydrogen-bond donors (Lipinski definition) is 1. The molecule has 2 N–H and O–H groups in total. The predicted octanol–water partition coefficient (Wildman–Crippen LogP) is 0.961. The SMILES string of the molecule is NCC1CCCN1C(=O)CCS(=O)(=O)c1ccc2c(c1)OCCCO2. The Bertz CT molecular complexity index is 735. The molecule has 1 aromatic carbocycles. The number of sulfone groups is 1. The lowest BCUT2D eigenvalue weighted by Gasteiger charge is -2.23. The second-order valence-electron chi connectivity index (χ2n) is 6.35. The summed E-state index contributed by atoms with van der Waals surface area (Å²) in [6, 6.07) is 4.64. The number of rotatable bonds is 5. The van der Waals surface area contributed by atoms with E-state index < -0.39 is 9.84 Å². The van der Waals surface area contributed by atoms with Gasteiger partial charge in [0.05, 0.1) is 23.9 Å². The van der Waals surface area contributed by atoms with E-state index in [9.17, 15) is 13.2 Å². The summed E-state index contributed by atoms with van der Waals surface area (Å²) in [7, 11) is -3.57. The molecule has 0 bridgehead atoms. The van der Waals surface area contributed by atoms with Gasteiger partial charge in [-0.15, -0.1) is 0 Å². The van der Waals surface area contributed by atoms with Gasteiger partial charge in [0.2, 0.25) is 5.91 Å². The van der Waals surface area contributed by atoms with Crippen LogP contribution < -0.4 is 15.2 Å². The van der Waals surface area contributed by atoms with Gasteiger partial charge in [-0.3, -0.25) is 4.79 Å². The highest BCUT2D eigenvalue weighted by atomic mass is 32.2. The zero-order valence-electron chi connectivity index (χ0n) is 14.1. The van der Waals surface area contributed by atoms with Crippen LogP contribution in [0.2, 0.25) is 0 Å². The largest absolute Gasteiger partial charge is 0.490 e. The standard InChI is InChI=1S/C17H24N2O5S/c18-12-13-3-1-7-19(13)17(20)6-10-25(21,22)14-4-5-15-16(11-14)24-9-2-8-23-15/h4-5,11,13H,1-3,6-10,12,18H2. The molecule has 1 fully saturated rings. The fraction of sp³-hybridized carbons (Fsp3) is 0.588. The van der Waals surface area contributed by atoms with E-state index in [-0.39, 0.29) is 29.0 Å². The molecule has 1 amide bonds. The number of benzene rings is 1. The maximum atomic E-state index is 12.6. The Hall–Kier alpha value is -1.80. The monoisotopic (exact) mass is 368 g/mol. The van der Waals surface area contributed by atoms with Crippen LogP contribution in [-0.2, 0) is 14.6 Å². The molecule has 7 nitrogen and oxygen atoms in total. The highest BCUT2D eigenvalue weighted by Crippen LogP contribution is 2.32. The third-order valence-corrected chi connectivity index (χ3v) is 6.35. The molecule has 0 aromatic heterocycles. The Kier molecular flexibility index (Phi) is 5.48. The van der Waals surface area contributed by atoms with Crippen molar-refractivity contribution in [2.45, 2.75) is 36.6 Å². The maximum absolute atomic E-state index is 12.6. The summed E-state index contributed by atoms with van der Waals surface area (Å²) in [5.41, 5.74) is 5.67. The van der Waals surface area contributed by atoms with Gasteiger partial charge in [-0.2, -0.15) is 0 Å². The average Bonchev–Trinajstić information content (AvgIpc) is 2.97. The molecule has 0 aliphatic carbocycles. The number of nitrogens with two attached hydrogens (primary N) is 1. The molecule has 1 atom stereocenters. The van der Waals surface area contributed by atoms with E-state index in [0.717, 1.165) is 19.3 Å². The fourth-order valence-electron chi connectivity index (χ4n) is 3.23. The molecular weight excluding hydrogens is 344 g/mol. The predicted molar refractivity (Wildman–Crippen MR) is 92.5 cm³/mol. The van der Waals surface area contributed by atoms with Gasteiger partial charge in [0.25, 0.3) is 0 Å². The van der Waals surface area contributed by atoms with Gasteiger partial charge in [0, 0.05) is 38.0 Å². The van der Waals surface area contributed by atoms with Crippen LogP contribution in [-0.4, -0.2) is 57.3 Å². The van der Waals surface area contributed by atoms with Crippen LogP contribution in [0, 0.1) is 0 Å². The molecule has 1 aromatic rings. The van der Waals surface area contributed by atoms with E-state index in [0.29, 0.717) is 37.8 Å². The van der Waals surface area contributed by atoms with E-state index in [2.05, 4.69) is 0 Å². The van der Waals surface area contributed by atoms with Crippen molar-refractivity contribution in [2.75, 3.05) is 32.1 Å². The van der Waals surface area contributed by atoms with Crippen molar-refractivity contribution in [3.8, 4) is 11.5 Å². The van der Waals surface area contributed by atoms with Crippen LogP contribution in [0.4, 0.5) is 0 Å². The second-order valence-corrected chi connectivity index (χ2v) is 8.46. The second kappa shape index (κ2) is 7.61. The summed E-state index contributed by atoms with van der Waals surface area (Å²) in [5.74, 6) is 0.619. The average molecular weight is 368 g/mol. The van der Waals surface area contributed by atoms with Crippen molar-refractivity contribution in [1.82, 2.24) is 4.90 Å². The van der Waals surface area contributed by atoms with Gasteiger partial charge in [0.1, 0.15) is 0 Å². The number of hydrogen-bond acceptors (Lipinski definition) is 6. The summed E-state index contributed by atoms with van der Waals surface area (Å²) in [6.07, 6.45) is 2.52. The van der Waals surface area contributed by atoms with Crippen molar-refractivity contribution >= 4 is 15.7 Å². The summed E-state index contributed by atoms with van der Waals surface area (Å²) in [4.78, 5) is 14.2. The summed E-state index contributed by atoms with van der Waals surface area (Å²) < 4.78 is 36.2. The molecule has 2 aliphatic rings. The van der Waals surface area contributed by atoms with Crippen molar-refractivity contribution in [3.05, 3.63) is 18.2 Å². The van der Waals surface area contributed by atoms with Crippen molar-refractivity contribution in [3.63, 3.8) is 0 Å². The first-order chi connectivity index (χ1) is 12.0. The molecule has 3 rings (SSSR count). The van der Waals surface area contributed by atoms with E-state index in [1.165, 1.54) is 12.1 Å². The Morgan fingerprint density at radius 2 is 1.96 bits per heavy atom. The molecule has 25 heavy (non-hydrogen) atoms. The Balaban J connectivity index is 1.67. The number of carbonyl (C=O) groups is 1. The van der Waals surface area contributed by atoms with Crippen LogP contribution in [0.1, 0.15) is 25.7 Å². The molecule has 2 aliphatic heterocycles. The van der Waals surface area contributed by atoms with Gasteiger partial charge >= 0.3 is 0 Å². The first kappa shape index (κ1) is 18.0. The molecule has 0 radical (unpaired) electrons. The highest BCUT2D eigenvalue weighted by Gasteiger charge is 2.28. The molecular formula is C17H24N2O5S. The molecule has 1 unspecified atom stereocenters. The summed E-state index contributed by atoms with van der Waals surface area (Å²) in [5, 5.41) is 0. The molecule has 0 saturated carbocycles. The quantitative estimate of drug-likeness (QED) is 0.831. The number of carbonyl (C=O) groups excluding carboxylic acids is 1. The van der Waals surface area contributed by atoms with Crippen LogP contribution in [0.25, 0.3) is 0 Å². The summed E-state index contributed by atoms with van der Waals surface area (Å²) in [6.45, 7) is 2.11. The highest BCUT2D eigenvalue weighted by molar-refractivity contribution is 7.91. The number of likely N-dealkylation sites (tertiary alicyclic amines) is 1. The van der Waals surface area contributed by atoms with Gasteiger partial charge < -0.3 is 20.1 Å². The van der Waals surface area contributed by atoms with Crippen LogP contribution in [0.15, 0.2) is 23.1 Å². The zero-order chi connectivity index (χ0) is 17.9. The third-order valence-electron chi connectivity index (χ3n) is 4.63. The number of nitrogens with zero attached hydrogens (tertiary/aromatic N) is 1. The molecule has 1 saturated heterocycles. The zero-order valence-corrected chi connectivity index (χ0v) is 15.0. The van der Waals surface area contributed by atoms with Crippen molar-refractivity contribution in [2.24, 2.45) is 5.73 Å². The minimum absolute atomic E-state index is 0.0344. The topological polar surface area (TPSA) is 98.9 Å². The fourth-order valence-corrected chi connectivity index (χ4v) is 4.47. The van der Waals surface area contributed by atoms with Gasteiger partial charge in [0.15, 0.2) is 21.3 Å². The Labute approximate surface area is 148 Å². The first-order valence-electron chi connectivity index (χ1n) is 8.63. The van der Waals surface area contributed by atoms with Crippen LogP contribution >= 0.6 is 0 Å². The Morgan fingerprint density at radius 1 is 1.20 bits per heavy atom. The minimum Gasteiger partial charge on any atom is -0.490 e. The van der Waals surface area contributed by atoms with Gasteiger partial charge in [-0.25, -0.2) is 8.42 Å². The molecule has 0 spiro atoms. The third kappa shape index (κ3) is 4.07. The van der Waals surface area contributed by atoms with Gasteiger partial charge in [-0.05, 0) is 25.0 Å². The molecule has 2 heterocycles. The molecule has 138 valence electrons. The van der Waals surface area contributed by atoms with E-state index in [1.807, 2.05) is 0 Å². The normalized spacial score (nSPS) is 20.4. The van der Waals surface area contributed by atoms with Crippen molar-refractivity contribution < 1.29 is 22.7 Å². The lowest BCUT2D eigenvalue weighted by molar-refractivity contribution is -0.131. The first-order valence-corrected chi connectivity index (χ1v) is 10.3. The molecule has 8 heteroatoms. The van der Waals surface area contributed by atoms with Crippen LogP contribution in [0.5, 0.6) is 11.5 Å².